The Morgan fingerprint density at radius 3 is 2.46 bits per heavy atom. The first kappa shape index (κ1) is 17.1. The molecule has 1 aromatic heterocycles. The number of aryl methyl sites for hydroxylation is 1. The van der Waals surface area contributed by atoms with Crippen LogP contribution in [0.4, 0.5) is 17.3 Å². The van der Waals surface area contributed by atoms with Gasteiger partial charge in [0.15, 0.2) is 11.6 Å². The molecule has 0 saturated heterocycles. The van der Waals surface area contributed by atoms with Gasteiger partial charge in [-0.2, -0.15) is 5.26 Å². The summed E-state index contributed by atoms with van der Waals surface area (Å²) < 4.78 is 0. The molecule has 0 fully saturated rings. The molecule has 0 radical (unpaired) electrons. The predicted octanol–water partition coefficient (Wildman–Crippen LogP) is 3.58. The Morgan fingerprint density at radius 1 is 1.04 bits per heavy atom. The quantitative estimate of drug-likeness (QED) is 0.739. The minimum absolute atomic E-state index is 0.148. The summed E-state index contributed by atoms with van der Waals surface area (Å²) in [6, 6.07) is 20.4. The third-order valence-electron chi connectivity index (χ3n) is 3.68. The lowest BCUT2D eigenvalue weighted by molar-refractivity contribution is -0.115. The molecule has 3 aromatic rings. The molecule has 128 valence electrons. The van der Waals surface area contributed by atoms with E-state index in [-0.39, 0.29) is 12.3 Å². The van der Waals surface area contributed by atoms with Crippen LogP contribution in [0.3, 0.4) is 0 Å². The molecule has 6 nitrogen and oxygen atoms in total. The van der Waals surface area contributed by atoms with Crippen molar-refractivity contribution < 1.29 is 4.79 Å². The van der Waals surface area contributed by atoms with E-state index in [0.717, 1.165) is 16.8 Å². The Labute approximate surface area is 151 Å². The molecular formula is C20H17N5O. The van der Waals surface area contributed by atoms with Gasteiger partial charge in [-0.3, -0.25) is 4.79 Å². The summed E-state index contributed by atoms with van der Waals surface area (Å²) in [5.74, 6) is 0.764. The van der Waals surface area contributed by atoms with Crippen LogP contribution < -0.4 is 10.6 Å². The first-order chi connectivity index (χ1) is 12.6. The zero-order valence-electron chi connectivity index (χ0n) is 14.2. The summed E-state index contributed by atoms with van der Waals surface area (Å²) in [6.45, 7) is 2.01. The summed E-state index contributed by atoms with van der Waals surface area (Å²) in [4.78, 5) is 12.1. The van der Waals surface area contributed by atoms with Crippen molar-refractivity contribution in [3.8, 4) is 6.07 Å². The molecule has 6 heteroatoms. The van der Waals surface area contributed by atoms with Crippen LogP contribution in [0, 0.1) is 18.3 Å². The lowest BCUT2D eigenvalue weighted by atomic mass is 10.1. The lowest BCUT2D eigenvalue weighted by Gasteiger charge is -2.07. The molecule has 3 rings (SSSR count). The first-order valence-corrected chi connectivity index (χ1v) is 8.09. The maximum absolute atomic E-state index is 12.1. The van der Waals surface area contributed by atoms with E-state index in [1.807, 2.05) is 37.3 Å². The van der Waals surface area contributed by atoms with Crippen molar-refractivity contribution in [3.63, 3.8) is 0 Å². The normalized spacial score (nSPS) is 10.0. The van der Waals surface area contributed by atoms with Gasteiger partial charge in [-0.15, -0.1) is 10.2 Å². The van der Waals surface area contributed by atoms with Gasteiger partial charge in [0.25, 0.3) is 0 Å². The van der Waals surface area contributed by atoms with Gasteiger partial charge < -0.3 is 10.6 Å². The number of benzene rings is 2. The van der Waals surface area contributed by atoms with Gasteiger partial charge in [-0.25, -0.2) is 0 Å². The standard InChI is InChI=1S/C20H17N5O/c1-14-5-7-15(8-6-14)12-20(26)23-19-10-9-18(24-25-19)22-17-4-2-3-16(11-17)13-21/h2-11H,12H2,1H3,(H,22,24)(H,23,25,26). The van der Waals surface area contributed by atoms with E-state index in [1.54, 1.807) is 30.3 Å². The number of nitriles is 1. The van der Waals surface area contributed by atoms with E-state index in [9.17, 15) is 4.79 Å². The largest absolute Gasteiger partial charge is 0.339 e. The van der Waals surface area contributed by atoms with Crippen LogP contribution in [0.25, 0.3) is 0 Å². The number of nitrogens with zero attached hydrogens (tertiary/aromatic N) is 3. The minimum Gasteiger partial charge on any atom is -0.339 e. The summed E-state index contributed by atoms with van der Waals surface area (Å²) >= 11 is 0. The first-order valence-electron chi connectivity index (χ1n) is 8.09. The second-order valence-corrected chi connectivity index (χ2v) is 5.83. The second kappa shape index (κ2) is 7.90. The number of carbonyl (C=O) groups excluding carboxylic acids is 1. The van der Waals surface area contributed by atoms with Crippen LogP contribution in [0.1, 0.15) is 16.7 Å². The van der Waals surface area contributed by atoms with Crippen molar-refractivity contribution in [2.45, 2.75) is 13.3 Å². The van der Waals surface area contributed by atoms with Crippen molar-refractivity contribution >= 4 is 23.2 Å². The number of hydrogen-bond acceptors (Lipinski definition) is 5. The highest BCUT2D eigenvalue weighted by Gasteiger charge is 2.06. The van der Waals surface area contributed by atoms with Gasteiger partial charge in [-0.05, 0) is 42.8 Å². The number of nitrogens with one attached hydrogen (secondary N) is 2. The molecule has 0 bridgehead atoms. The van der Waals surface area contributed by atoms with Gasteiger partial charge in [0, 0.05) is 5.69 Å². The van der Waals surface area contributed by atoms with Crippen LogP contribution in [0.15, 0.2) is 60.7 Å². The number of anilines is 3. The Hall–Kier alpha value is -3.72. The molecule has 1 amide bonds. The summed E-state index contributed by atoms with van der Waals surface area (Å²) in [6.07, 6.45) is 0.281. The number of rotatable bonds is 5. The fourth-order valence-electron chi connectivity index (χ4n) is 2.36. The number of amides is 1. The molecule has 0 spiro atoms. The molecule has 2 N–H and O–H groups in total. The Bertz CT molecular complexity index is 943. The second-order valence-electron chi connectivity index (χ2n) is 5.83. The summed E-state index contributed by atoms with van der Waals surface area (Å²) in [5.41, 5.74) is 3.40. The van der Waals surface area contributed by atoms with Gasteiger partial charge >= 0.3 is 0 Å². The maximum Gasteiger partial charge on any atom is 0.229 e. The van der Waals surface area contributed by atoms with Gasteiger partial charge in [0.05, 0.1) is 18.1 Å². The van der Waals surface area contributed by atoms with Crippen LogP contribution >= 0.6 is 0 Å². The highest BCUT2D eigenvalue weighted by atomic mass is 16.1. The SMILES string of the molecule is Cc1ccc(CC(=O)Nc2ccc(Nc3cccc(C#N)c3)nn2)cc1. The molecule has 26 heavy (non-hydrogen) atoms. The van der Waals surface area contributed by atoms with Crippen LogP contribution in [-0.2, 0) is 11.2 Å². The maximum atomic E-state index is 12.1. The molecule has 0 aliphatic carbocycles. The third kappa shape index (κ3) is 4.65. The van der Waals surface area contributed by atoms with Crippen LogP contribution in [0.2, 0.25) is 0 Å². The average molecular weight is 343 g/mol. The van der Waals surface area contributed by atoms with E-state index >= 15 is 0 Å². The number of carbonyl (C=O) groups is 1. The number of aromatic nitrogens is 2. The Kier molecular flexibility index (Phi) is 5.20. The summed E-state index contributed by atoms with van der Waals surface area (Å²) in [5, 5.41) is 22.8. The van der Waals surface area contributed by atoms with Crippen LogP contribution in [-0.4, -0.2) is 16.1 Å². The topological polar surface area (TPSA) is 90.7 Å². The van der Waals surface area contributed by atoms with Crippen molar-refractivity contribution in [2.24, 2.45) is 0 Å². The monoisotopic (exact) mass is 343 g/mol. The van der Waals surface area contributed by atoms with E-state index in [2.05, 4.69) is 26.9 Å². The highest BCUT2D eigenvalue weighted by Crippen LogP contribution is 2.16. The molecule has 1 heterocycles. The Balaban J connectivity index is 1.59. The van der Waals surface area contributed by atoms with Crippen molar-refractivity contribution in [2.75, 3.05) is 10.6 Å². The van der Waals surface area contributed by atoms with Gasteiger partial charge in [0.2, 0.25) is 5.91 Å². The lowest BCUT2D eigenvalue weighted by Crippen LogP contribution is -2.15. The van der Waals surface area contributed by atoms with Crippen molar-refractivity contribution in [1.82, 2.24) is 10.2 Å². The predicted molar refractivity (Wildman–Crippen MR) is 100.0 cm³/mol. The molecule has 2 aromatic carbocycles. The minimum atomic E-state index is -0.148. The molecule has 0 unspecified atom stereocenters. The van der Waals surface area contributed by atoms with E-state index < -0.39 is 0 Å². The zero-order chi connectivity index (χ0) is 18.4. The van der Waals surface area contributed by atoms with Crippen molar-refractivity contribution in [3.05, 3.63) is 77.4 Å². The third-order valence-corrected chi connectivity index (χ3v) is 3.68. The molecule has 0 aliphatic rings. The molecule has 0 saturated carbocycles. The van der Waals surface area contributed by atoms with E-state index in [0.29, 0.717) is 17.2 Å². The number of hydrogen-bond donors (Lipinski definition) is 2. The van der Waals surface area contributed by atoms with Gasteiger partial charge in [-0.1, -0.05) is 35.9 Å². The molecule has 0 aliphatic heterocycles. The fourth-order valence-corrected chi connectivity index (χ4v) is 2.36. The zero-order valence-corrected chi connectivity index (χ0v) is 14.2. The highest BCUT2D eigenvalue weighted by molar-refractivity contribution is 5.91. The van der Waals surface area contributed by atoms with Gasteiger partial charge in [0.1, 0.15) is 0 Å². The van der Waals surface area contributed by atoms with Crippen molar-refractivity contribution in [1.29, 1.82) is 5.26 Å². The average Bonchev–Trinajstić information content (AvgIpc) is 2.65. The van der Waals surface area contributed by atoms with E-state index in [4.69, 9.17) is 5.26 Å². The summed E-state index contributed by atoms with van der Waals surface area (Å²) in [7, 11) is 0. The molecular weight excluding hydrogens is 326 g/mol. The fraction of sp³-hybridized carbons (Fsp3) is 0.100. The molecule has 0 atom stereocenters. The van der Waals surface area contributed by atoms with E-state index in [1.165, 1.54) is 0 Å². The smallest absolute Gasteiger partial charge is 0.229 e. The Morgan fingerprint density at radius 2 is 1.77 bits per heavy atom. The van der Waals surface area contributed by atoms with Crippen LogP contribution in [0.5, 0.6) is 0 Å².